The Balaban J connectivity index is 1.65. The van der Waals surface area contributed by atoms with E-state index in [4.69, 9.17) is 23.7 Å². The lowest BCUT2D eigenvalue weighted by Gasteiger charge is -2.33. The lowest BCUT2D eigenvalue weighted by molar-refractivity contribution is -0.176. The maximum absolute atomic E-state index is 5.68. The van der Waals surface area contributed by atoms with Gasteiger partial charge in [-0.2, -0.15) is 0 Å². The average molecular weight is 216 g/mol. The van der Waals surface area contributed by atoms with E-state index in [-0.39, 0.29) is 24.4 Å². The van der Waals surface area contributed by atoms with Crippen LogP contribution in [0.25, 0.3) is 0 Å². The summed E-state index contributed by atoms with van der Waals surface area (Å²) < 4.78 is 27.9. The quantitative estimate of drug-likeness (QED) is 0.596. The summed E-state index contributed by atoms with van der Waals surface area (Å²) in [5.74, 6) is 0. The fourth-order valence-corrected chi connectivity index (χ4v) is 2.35. The first-order valence-electron chi connectivity index (χ1n) is 5.49. The predicted molar refractivity (Wildman–Crippen MR) is 49.8 cm³/mol. The number of rotatable bonds is 1. The second-order valence-electron chi connectivity index (χ2n) is 4.03. The van der Waals surface area contributed by atoms with Crippen LogP contribution in [-0.2, 0) is 23.7 Å². The molecule has 3 rings (SSSR count). The van der Waals surface area contributed by atoms with Crippen LogP contribution >= 0.6 is 0 Å². The van der Waals surface area contributed by atoms with Gasteiger partial charge in [-0.1, -0.05) is 0 Å². The molecule has 0 aromatic rings. The average Bonchev–Trinajstić information content (AvgIpc) is 2.74. The van der Waals surface area contributed by atoms with Gasteiger partial charge in [0.05, 0.1) is 39.6 Å². The topological polar surface area (TPSA) is 46.2 Å². The molecule has 0 unspecified atom stereocenters. The monoisotopic (exact) mass is 216 g/mol. The summed E-state index contributed by atoms with van der Waals surface area (Å²) in [4.78, 5) is 0. The highest BCUT2D eigenvalue weighted by Gasteiger charge is 2.45. The van der Waals surface area contributed by atoms with Gasteiger partial charge in [-0.25, -0.2) is 0 Å². The van der Waals surface area contributed by atoms with Gasteiger partial charge < -0.3 is 23.7 Å². The maximum Gasteiger partial charge on any atom is 0.115 e. The van der Waals surface area contributed by atoms with Crippen molar-refractivity contribution >= 4 is 0 Å². The van der Waals surface area contributed by atoms with E-state index in [9.17, 15) is 0 Å². The highest BCUT2D eigenvalue weighted by atomic mass is 16.6. The molecule has 3 aliphatic heterocycles. The van der Waals surface area contributed by atoms with E-state index in [1.807, 2.05) is 0 Å². The standard InChI is InChI=1S/C10H16O5/c1-2-12-7(5-11-1)10-9-8(6-15-10)13-3-4-14-9/h7-10H,1-6H2/t7-,8+,9+,10-/m0/s1. The molecule has 0 radical (unpaired) electrons. The SMILES string of the molecule is C1CO[C@H]([C@@H]2OC[C@H]3OCCO[C@@H]23)CO1. The molecule has 15 heavy (non-hydrogen) atoms. The van der Waals surface area contributed by atoms with Crippen molar-refractivity contribution in [3.63, 3.8) is 0 Å². The molecule has 3 fully saturated rings. The van der Waals surface area contributed by atoms with Crippen LogP contribution in [-0.4, -0.2) is 64.1 Å². The Morgan fingerprint density at radius 2 is 1.27 bits per heavy atom. The minimum atomic E-state index is -0.0319. The summed E-state index contributed by atoms with van der Waals surface area (Å²) >= 11 is 0. The predicted octanol–water partition coefficient (Wildman–Crippen LogP) is -0.415. The van der Waals surface area contributed by atoms with Crippen molar-refractivity contribution < 1.29 is 23.7 Å². The van der Waals surface area contributed by atoms with Crippen molar-refractivity contribution in [3.8, 4) is 0 Å². The summed E-state index contributed by atoms with van der Waals surface area (Å²) in [6.45, 7) is 3.83. The Labute approximate surface area is 88.6 Å². The Hall–Kier alpha value is -0.200. The van der Waals surface area contributed by atoms with Crippen LogP contribution in [0.15, 0.2) is 0 Å². The van der Waals surface area contributed by atoms with Crippen molar-refractivity contribution in [2.45, 2.75) is 24.4 Å². The van der Waals surface area contributed by atoms with Crippen LogP contribution in [0.4, 0.5) is 0 Å². The molecular weight excluding hydrogens is 200 g/mol. The molecule has 86 valence electrons. The Morgan fingerprint density at radius 1 is 0.600 bits per heavy atom. The molecule has 3 aliphatic rings. The molecule has 0 spiro atoms. The fraction of sp³-hybridized carbons (Fsp3) is 1.00. The van der Waals surface area contributed by atoms with Crippen LogP contribution in [0.5, 0.6) is 0 Å². The Kier molecular flexibility index (Phi) is 2.90. The zero-order chi connectivity index (χ0) is 10.1. The third-order valence-electron chi connectivity index (χ3n) is 3.08. The smallest absolute Gasteiger partial charge is 0.115 e. The minimum absolute atomic E-state index is 0.00421. The first-order chi connectivity index (χ1) is 7.45. The number of fused-ring (bicyclic) bond motifs is 1. The molecule has 5 nitrogen and oxygen atoms in total. The van der Waals surface area contributed by atoms with Crippen LogP contribution in [0.1, 0.15) is 0 Å². The highest BCUT2D eigenvalue weighted by molar-refractivity contribution is 4.92. The summed E-state index contributed by atoms with van der Waals surface area (Å²) in [5, 5.41) is 0. The number of ether oxygens (including phenoxy) is 5. The molecule has 0 aromatic heterocycles. The van der Waals surface area contributed by atoms with Gasteiger partial charge in [-0.15, -0.1) is 0 Å². The fourth-order valence-electron chi connectivity index (χ4n) is 2.35. The molecule has 0 aromatic carbocycles. The van der Waals surface area contributed by atoms with E-state index in [0.717, 1.165) is 0 Å². The van der Waals surface area contributed by atoms with Crippen molar-refractivity contribution in [2.24, 2.45) is 0 Å². The summed E-state index contributed by atoms with van der Waals surface area (Å²) in [5.41, 5.74) is 0. The maximum atomic E-state index is 5.68. The molecule has 0 N–H and O–H groups in total. The molecule has 5 heteroatoms. The van der Waals surface area contributed by atoms with Gasteiger partial charge >= 0.3 is 0 Å². The van der Waals surface area contributed by atoms with Crippen molar-refractivity contribution in [1.82, 2.24) is 0 Å². The summed E-state index contributed by atoms with van der Waals surface area (Å²) in [6.07, 6.45) is 0.0609. The van der Waals surface area contributed by atoms with Crippen LogP contribution in [0.2, 0.25) is 0 Å². The number of hydrogen-bond acceptors (Lipinski definition) is 5. The third-order valence-corrected chi connectivity index (χ3v) is 3.08. The van der Waals surface area contributed by atoms with Gasteiger partial charge in [0.25, 0.3) is 0 Å². The second-order valence-corrected chi connectivity index (χ2v) is 4.03. The lowest BCUT2D eigenvalue weighted by atomic mass is 10.1. The van der Waals surface area contributed by atoms with Crippen LogP contribution in [0.3, 0.4) is 0 Å². The molecular formula is C10H16O5. The molecule has 0 aliphatic carbocycles. The first kappa shape index (κ1) is 9.99. The van der Waals surface area contributed by atoms with Gasteiger partial charge in [-0.05, 0) is 0 Å². The van der Waals surface area contributed by atoms with Gasteiger partial charge in [-0.3, -0.25) is 0 Å². The van der Waals surface area contributed by atoms with Crippen LogP contribution < -0.4 is 0 Å². The lowest BCUT2D eigenvalue weighted by Crippen LogP contribution is -2.49. The van der Waals surface area contributed by atoms with Gasteiger partial charge in [0.2, 0.25) is 0 Å². The van der Waals surface area contributed by atoms with Gasteiger partial charge in [0, 0.05) is 0 Å². The molecule has 0 amide bonds. The largest absolute Gasteiger partial charge is 0.376 e. The normalized spacial score (nSPS) is 46.4. The summed E-state index contributed by atoms with van der Waals surface area (Å²) in [6, 6.07) is 0. The van der Waals surface area contributed by atoms with E-state index >= 15 is 0 Å². The molecule has 0 bridgehead atoms. The zero-order valence-electron chi connectivity index (χ0n) is 8.59. The van der Waals surface area contributed by atoms with E-state index in [2.05, 4.69) is 0 Å². The Morgan fingerprint density at radius 3 is 2.13 bits per heavy atom. The third kappa shape index (κ3) is 1.90. The second kappa shape index (κ2) is 4.35. The van der Waals surface area contributed by atoms with Crippen molar-refractivity contribution in [3.05, 3.63) is 0 Å². The number of hydrogen-bond donors (Lipinski definition) is 0. The zero-order valence-corrected chi connectivity index (χ0v) is 8.59. The molecule has 0 saturated carbocycles. The summed E-state index contributed by atoms with van der Waals surface area (Å²) in [7, 11) is 0. The van der Waals surface area contributed by atoms with E-state index in [1.54, 1.807) is 0 Å². The van der Waals surface area contributed by atoms with Crippen LogP contribution in [0, 0.1) is 0 Å². The highest BCUT2D eigenvalue weighted by Crippen LogP contribution is 2.27. The minimum Gasteiger partial charge on any atom is -0.376 e. The Bertz CT molecular complexity index is 216. The molecule has 3 heterocycles. The molecule has 4 atom stereocenters. The van der Waals surface area contributed by atoms with Crippen molar-refractivity contribution in [1.29, 1.82) is 0 Å². The first-order valence-corrected chi connectivity index (χ1v) is 5.49. The molecule has 3 saturated heterocycles. The van der Waals surface area contributed by atoms with E-state index < -0.39 is 0 Å². The van der Waals surface area contributed by atoms with Gasteiger partial charge in [0.15, 0.2) is 0 Å². The van der Waals surface area contributed by atoms with Crippen molar-refractivity contribution in [2.75, 3.05) is 39.6 Å². The van der Waals surface area contributed by atoms with E-state index in [1.165, 1.54) is 0 Å². The van der Waals surface area contributed by atoms with Gasteiger partial charge in [0.1, 0.15) is 24.4 Å². The van der Waals surface area contributed by atoms with E-state index in [0.29, 0.717) is 39.6 Å².